The van der Waals surface area contributed by atoms with Crippen molar-refractivity contribution in [3.63, 3.8) is 0 Å². The highest BCUT2D eigenvalue weighted by molar-refractivity contribution is 5.45. The zero-order valence-corrected chi connectivity index (χ0v) is 13.7. The van der Waals surface area contributed by atoms with Crippen LogP contribution in [0.25, 0.3) is 0 Å². The molecule has 1 aromatic heterocycles. The lowest BCUT2D eigenvalue weighted by Crippen LogP contribution is -2.29. The van der Waals surface area contributed by atoms with Crippen LogP contribution in [0, 0.1) is 17.8 Å². The van der Waals surface area contributed by atoms with Crippen molar-refractivity contribution in [3.8, 4) is 0 Å². The van der Waals surface area contributed by atoms with Crippen molar-refractivity contribution in [2.24, 2.45) is 17.8 Å². The minimum absolute atomic E-state index is 0.502. The molecule has 2 saturated carbocycles. The standard InChI is InChI=1S/C18H29N3/c1-13(2)20-11-17-10-18(6-7-19-17)21(3)12-16-9-14-4-5-15(16)8-14/h6-7,10,13-16,20H,4-5,8-9,11-12H2,1-3H3. The monoisotopic (exact) mass is 287 g/mol. The van der Waals surface area contributed by atoms with Crippen LogP contribution < -0.4 is 10.2 Å². The average Bonchev–Trinajstić information content (AvgIpc) is 3.08. The summed E-state index contributed by atoms with van der Waals surface area (Å²) in [5, 5.41) is 3.44. The van der Waals surface area contributed by atoms with Crippen LogP contribution in [0.5, 0.6) is 0 Å². The van der Waals surface area contributed by atoms with Crippen molar-refractivity contribution >= 4 is 5.69 Å². The molecule has 2 bridgehead atoms. The van der Waals surface area contributed by atoms with Gasteiger partial charge >= 0.3 is 0 Å². The predicted octanol–water partition coefficient (Wildman–Crippen LogP) is 3.45. The Morgan fingerprint density at radius 3 is 2.86 bits per heavy atom. The molecule has 2 aliphatic carbocycles. The third-order valence-electron chi connectivity index (χ3n) is 5.33. The Morgan fingerprint density at radius 2 is 2.19 bits per heavy atom. The van der Waals surface area contributed by atoms with Gasteiger partial charge in [-0.05, 0) is 49.1 Å². The number of anilines is 1. The Bertz CT molecular complexity index is 471. The van der Waals surface area contributed by atoms with E-state index >= 15 is 0 Å². The second kappa shape index (κ2) is 6.35. The SMILES string of the molecule is CC(C)NCc1cc(N(C)CC2CC3CCC2C3)ccn1. The number of hydrogen-bond donors (Lipinski definition) is 1. The van der Waals surface area contributed by atoms with Crippen molar-refractivity contribution in [2.75, 3.05) is 18.5 Å². The normalized spacial score (nSPS) is 27.5. The molecule has 3 unspecified atom stereocenters. The van der Waals surface area contributed by atoms with Crippen molar-refractivity contribution < 1.29 is 0 Å². The molecule has 0 aromatic carbocycles. The van der Waals surface area contributed by atoms with Crippen LogP contribution in [0.1, 0.15) is 45.2 Å². The number of rotatable bonds is 6. The highest BCUT2D eigenvalue weighted by Crippen LogP contribution is 2.48. The van der Waals surface area contributed by atoms with Crippen LogP contribution in [0.3, 0.4) is 0 Å². The van der Waals surface area contributed by atoms with E-state index in [0.717, 1.165) is 30.0 Å². The quantitative estimate of drug-likeness (QED) is 0.868. The topological polar surface area (TPSA) is 28.2 Å². The van der Waals surface area contributed by atoms with Crippen LogP contribution in [0.2, 0.25) is 0 Å². The maximum Gasteiger partial charge on any atom is 0.0562 e. The van der Waals surface area contributed by atoms with Crippen LogP contribution >= 0.6 is 0 Å². The third kappa shape index (κ3) is 3.57. The van der Waals surface area contributed by atoms with E-state index in [1.807, 2.05) is 6.20 Å². The molecule has 0 aliphatic heterocycles. The summed E-state index contributed by atoms with van der Waals surface area (Å²) in [6.45, 7) is 6.41. The first kappa shape index (κ1) is 14.8. The van der Waals surface area contributed by atoms with Crippen molar-refractivity contribution in [1.29, 1.82) is 0 Å². The number of aromatic nitrogens is 1. The lowest BCUT2D eigenvalue weighted by Gasteiger charge is -2.28. The van der Waals surface area contributed by atoms with Gasteiger partial charge in [0, 0.05) is 38.1 Å². The van der Waals surface area contributed by atoms with E-state index in [4.69, 9.17) is 0 Å². The van der Waals surface area contributed by atoms with Gasteiger partial charge in [0.15, 0.2) is 0 Å². The molecule has 21 heavy (non-hydrogen) atoms. The molecule has 0 spiro atoms. The molecule has 1 heterocycles. The molecule has 116 valence electrons. The fraction of sp³-hybridized carbons (Fsp3) is 0.722. The zero-order chi connectivity index (χ0) is 14.8. The summed E-state index contributed by atoms with van der Waals surface area (Å²) in [4.78, 5) is 6.91. The molecule has 3 rings (SSSR count). The van der Waals surface area contributed by atoms with Gasteiger partial charge in [0.05, 0.1) is 5.69 Å². The number of pyridine rings is 1. The summed E-state index contributed by atoms with van der Waals surface area (Å²) in [6, 6.07) is 4.89. The molecule has 0 saturated heterocycles. The van der Waals surface area contributed by atoms with E-state index in [0.29, 0.717) is 6.04 Å². The molecule has 2 aliphatic rings. The highest BCUT2D eigenvalue weighted by Gasteiger charge is 2.39. The Hall–Kier alpha value is -1.09. The van der Waals surface area contributed by atoms with Gasteiger partial charge in [0.25, 0.3) is 0 Å². The Kier molecular flexibility index (Phi) is 4.48. The zero-order valence-electron chi connectivity index (χ0n) is 13.7. The molecule has 1 N–H and O–H groups in total. The number of nitrogens with one attached hydrogen (secondary N) is 1. The van der Waals surface area contributed by atoms with E-state index < -0.39 is 0 Å². The van der Waals surface area contributed by atoms with E-state index in [-0.39, 0.29) is 0 Å². The summed E-state index contributed by atoms with van der Waals surface area (Å²) in [6.07, 6.45) is 7.87. The molecule has 0 radical (unpaired) electrons. The molecule has 3 atom stereocenters. The minimum atomic E-state index is 0.502. The van der Waals surface area contributed by atoms with Crippen LogP contribution in [-0.4, -0.2) is 24.6 Å². The predicted molar refractivity (Wildman–Crippen MR) is 88.4 cm³/mol. The first-order valence-corrected chi connectivity index (χ1v) is 8.51. The largest absolute Gasteiger partial charge is 0.374 e. The minimum Gasteiger partial charge on any atom is -0.374 e. The lowest BCUT2D eigenvalue weighted by atomic mass is 9.88. The maximum absolute atomic E-state index is 4.47. The first-order chi connectivity index (χ1) is 10.1. The molecule has 3 heteroatoms. The van der Waals surface area contributed by atoms with Crippen LogP contribution in [0.4, 0.5) is 5.69 Å². The fourth-order valence-corrected chi connectivity index (χ4v) is 4.17. The van der Waals surface area contributed by atoms with Crippen LogP contribution in [0.15, 0.2) is 18.3 Å². The van der Waals surface area contributed by atoms with Crippen molar-refractivity contribution in [2.45, 2.75) is 52.1 Å². The number of hydrogen-bond acceptors (Lipinski definition) is 3. The van der Waals surface area contributed by atoms with Gasteiger partial charge in [0.1, 0.15) is 0 Å². The second-order valence-corrected chi connectivity index (χ2v) is 7.36. The first-order valence-electron chi connectivity index (χ1n) is 8.51. The van der Waals surface area contributed by atoms with Crippen LogP contribution in [-0.2, 0) is 6.54 Å². The second-order valence-electron chi connectivity index (χ2n) is 7.36. The molecular weight excluding hydrogens is 258 g/mol. The van der Waals surface area contributed by atoms with Gasteiger partial charge in [-0.2, -0.15) is 0 Å². The van der Waals surface area contributed by atoms with Gasteiger partial charge in [-0.3, -0.25) is 4.98 Å². The highest BCUT2D eigenvalue weighted by atomic mass is 15.1. The summed E-state index contributed by atoms with van der Waals surface area (Å²) in [5.41, 5.74) is 2.45. The van der Waals surface area contributed by atoms with E-state index in [9.17, 15) is 0 Å². The summed E-state index contributed by atoms with van der Waals surface area (Å²) in [7, 11) is 2.24. The molecule has 2 fully saturated rings. The summed E-state index contributed by atoms with van der Waals surface area (Å²) >= 11 is 0. The fourth-order valence-electron chi connectivity index (χ4n) is 4.17. The van der Waals surface area contributed by atoms with E-state index in [1.165, 1.54) is 37.9 Å². The molecular formula is C18H29N3. The van der Waals surface area contributed by atoms with E-state index in [1.54, 1.807) is 0 Å². The van der Waals surface area contributed by atoms with Gasteiger partial charge < -0.3 is 10.2 Å². The van der Waals surface area contributed by atoms with Gasteiger partial charge in [-0.25, -0.2) is 0 Å². The van der Waals surface area contributed by atoms with Crippen molar-refractivity contribution in [1.82, 2.24) is 10.3 Å². The summed E-state index contributed by atoms with van der Waals surface area (Å²) in [5.74, 6) is 2.96. The number of nitrogens with zero attached hydrogens (tertiary/aromatic N) is 2. The van der Waals surface area contributed by atoms with Gasteiger partial charge in [-0.15, -0.1) is 0 Å². The molecule has 3 nitrogen and oxygen atoms in total. The van der Waals surface area contributed by atoms with Gasteiger partial charge in [0.2, 0.25) is 0 Å². The smallest absolute Gasteiger partial charge is 0.0562 e. The van der Waals surface area contributed by atoms with Gasteiger partial charge in [-0.1, -0.05) is 20.3 Å². The third-order valence-corrected chi connectivity index (χ3v) is 5.33. The Balaban J connectivity index is 1.59. The molecule has 0 amide bonds. The Labute approximate surface area is 129 Å². The molecule has 1 aromatic rings. The average molecular weight is 287 g/mol. The Morgan fingerprint density at radius 1 is 1.33 bits per heavy atom. The lowest BCUT2D eigenvalue weighted by molar-refractivity contribution is 0.337. The van der Waals surface area contributed by atoms with Crippen molar-refractivity contribution in [3.05, 3.63) is 24.0 Å². The number of fused-ring (bicyclic) bond motifs is 2. The summed E-state index contributed by atoms with van der Waals surface area (Å²) < 4.78 is 0. The maximum atomic E-state index is 4.47. The van der Waals surface area contributed by atoms with E-state index in [2.05, 4.69) is 48.2 Å².